The van der Waals surface area contributed by atoms with Crippen LogP contribution in [0.15, 0.2) is 12.2 Å². The number of carbonyl (C=O) groups is 4. The molecule has 0 heterocycles. The summed E-state index contributed by atoms with van der Waals surface area (Å²) in [7, 11) is 0. The highest BCUT2D eigenvalue weighted by Crippen LogP contribution is 2.38. The lowest BCUT2D eigenvalue weighted by molar-refractivity contribution is -0.202. The second-order valence-electron chi connectivity index (χ2n) is 13.7. The molecule has 2 atom stereocenters. The Morgan fingerprint density at radius 2 is 1.00 bits per heavy atom. The molecule has 1 aliphatic rings. The molecule has 7 nitrogen and oxygen atoms in total. The summed E-state index contributed by atoms with van der Waals surface area (Å²) in [5.41, 5.74) is -6.24. The fourth-order valence-corrected chi connectivity index (χ4v) is 6.59. The lowest BCUT2D eigenvalue weighted by Gasteiger charge is -2.40. The van der Waals surface area contributed by atoms with Crippen LogP contribution in [0.5, 0.6) is 0 Å². The highest BCUT2D eigenvalue weighted by molar-refractivity contribution is 6.21. The number of carbonyl (C=O) groups excluding carboxylic acids is 4. The molecule has 0 aromatic rings. The maximum absolute atomic E-state index is 13.3. The molecule has 2 unspecified atom stereocenters. The molecule has 0 aliphatic heterocycles. The first-order chi connectivity index (χ1) is 22.2. The van der Waals surface area contributed by atoms with Gasteiger partial charge in [0.15, 0.2) is 34.8 Å². The summed E-state index contributed by atoms with van der Waals surface area (Å²) in [6.07, 6.45) is 27.0. The van der Waals surface area contributed by atoms with Gasteiger partial charge in [-0.2, -0.15) is 0 Å². The molecule has 0 aromatic carbocycles. The molecule has 1 aliphatic carbocycles. The SMILES string of the molecule is CCCC/C=C/CCCCCCCC(=O)C(O)(C(O)C(=O)CCCCCCCCCCCCCCCCC)C1(O)C(=O)CCC1=O. The Kier molecular flexibility index (Phi) is 23.3. The predicted octanol–water partition coefficient (Wildman–Crippen LogP) is 8.62. The first kappa shape index (κ1) is 42.3. The highest BCUT2D eigenvalue weighted by atomic mass is 16.4. The Hall–Kier alpha value is -1.70. The fraction of sp³-hybridized carbons (Fsp3) is 0.846. The molecule has 1 saturated carbocycles. The second kappa shape index (κ2) is 25.3. The van der Waals surface area contributed by atoms with Gasteiger partial charge in [-0.15, -0.1) is 0 Å². The number of ketones is 4. The Labute approximate surface area is 280 Å². The van der Waals surface area contributed by atoms with Crippen LogP contribution in [0, 0.1) is 0 Å². The normalized spacial score (nSPS) is 16.7. The average Bonchev–Trinajstić information content (AvgIpc) is 3.32. The molecule has 46 heavy (non-hydrogen) atoms. The van der Waals surface area contributed by atoms with Crippen LogP contribution in [0.4, 0.5) is 0 Å². The molecule has 266 valence electrons. The van der Waals surface area contributed by atoms with Gasteiger partial charge in [0.05, 0.1) is 0 Å². The van der Waals surface area contributed by atoms with Gasteiger partial charge in [0.2, 0.25) is 5.60 Å². The van der Waals surface area contributed by atoms with Gasteiger partial charge in [0.1, 0.15) is 0 Å². The van der Waals surface area contributed by atoms with Crippen LogP contribution in [-0.4, -0.2) is 55.8 Å². The summed E-state index contributed by atoms with van der Waals surface area (Å²) in [6, 6.07) is 0. The number of Topliss-reactive ketones (excluding diaryl/α,β-unsaturated/α-hetero) is 4. The maximum atomic E-state index is 13.3. The van der Waals surface area contributed by atoms with E-state index in [2.05, 4.69) is 26.0 Å². The van der Waals surface area contributed by atoms with Crippen molar-refractivity contribution >= 4 is 23.1 Å². The topological polar surface area (TPSA) is 129 Å². The highest BCUT2D eigenvalue weighted by Gasteiger charge is 2.69. The molecule has 0 spiro atoms. The van der Waals surface area contributed by atoms with E-state index in [9.17, 15) is 34.5 Å². The summed E-state index contributed by atoms with van der Waals surface area (Å²) in [6.45, 7) is 4.41. The Balaban J connectivity index is 2.45. The number of unbranched alkanes of at least 4 members (excludes halogenated alkanes) is 21. The first-order valence-corrected chi connectivity index (χ1v) is 19.1. The van der Waals surface area contributed by atoms with E-state index in [1.807, 2.05) is 0 Å². The van der Waals surface area contributed by atoms with Crippen molar-refractivity contribution in [3.05, 3.63) is 12.2 Å². The van der Waals surface area contributed by atoms with Gasteiger partial charge in [-0.3, -0.25) is 19.2 Å². The van der Waals surface area contributed by atoms with Crippen molar-refractivity contribution in [3.8, 4) is 0 Å². The van der Waals surface area contributed by atoms with Crippen LogP contribution in [-0.2, 0) is 19.2 Å². The third kappa shape index (κ3) is 14.6. The maximum Gasteiger partial charge on any atom is 0.220 e. The zero-order valence-corrected chi connectivity index (χ0v) is 29.5. The van der Waals surface area contributed by atoms with Crippen molar-refractivity contribution in [1.82, 2.24) is 0 Å². The van der Waals surface area contributed by atoms with Gasteiger partial charge in [-0.25, -0.2) is 0 Å². The Bertz CT molecular complexity index is 879. The van der Waals surface area contributed by atoms with Gasteiger partial charge >= 0.3 is 0 Å². The van der Waals surface area contributed by atoms with Crippen LogP contribution in [0.2, 0.25) is 0 Å². The van der Waals surface area contributed by atoms with Crippen LogP contribution in [0.1, 0.15) is 194 Å². The monoisotopic (exact) mass is 648 g/mol. The molecule has 0 amide bonds. The largest absolute Gasteiger partial charge is 0.382 e. The third-order valence-electron chi connectivity index (χ3n) is 9.76. The van der Waals surface area contributed by atoms with Gasteiger partial charge < -0.3 is 15.3 Å². The third-order valence-corrected chi connectivity index (χ3v) is 9.76. The zero-order chi connectivity index (χ0) is 34.1. The van der Waals surface area contributed by atoms with Crippen molar-refractivity contribution in [3.63, 3.8) is 0 Å². The van der Waals surface area contributed by atoms with Gasteiger partial charge in [-0.1, -0.05) is 148 Å². The molecular formula is C39H68O7. The Morgan fingerprint density at radius 3 is 1.46 bits per heavy atom. The van der Waals surface area contributed by atoms with E-state index >= 15 is 0 Å². The molecule has 0 radical (unpaired) electrons. The number of hydrogen-bond acceptors (Lipinski definition) is 7. The van der Waals surface area contributed by atoms with Gasteiger partial charge in [0, 0.05) is 25.7 Å². The van der Waals surface area contributed by atoms with Crippen molar-refractivity contribution < 1.29 is 34.5 Å². The van der Waals surface area contributed by atoms with Crippen molar-refractivity contribution in [2.75, 3.05) is 0 Å². The van der Waals surface area contributed by atoms with Crippen molar-refractivity contribution in [1.29, 1.82) is 0 Å². The molecule has 0 aromatic heterocycles. The van der Waals surface area contributed by atoms with Crippen molar-refractivity contribution in [2.45, 2.75) is 211 Å². The minimum Gasteiger partial charge on any atom is -0.382 e. The van der Waals surface area contributed by atoms with E-state index in [-0.39, 0.29) is 25.7 Å². The van der Waals surface area contributed by atoms with Crippen LogP contribution >= 0.6 is 0 Å². The predicted molar refractivity (Wildman–Crippen MR) is 186 cm³/mol. The lowest BCUT2D eigenvalue weighted by Crippen LogP contribution is -2.72. The smallest absolute Gasteiger partial charge is 0.220 e. The van der Waals surface area contributed by atoms with Crippen LogP contribution in [0.3, 0.4) is 0 Å². The van der Waals surface area contributed by atoms with E-state index in [4.69, 9.17) is 0 Å². The van der Waals surface area contributed by atoms with E-state index in [1.165, 1.54) is 77.0 Å². The standard InChI is InChI=1S/C39H68O7/c1-3-5-7-9-11-13-15-16-17-18-20-21-23-25-27-29-33(40)37(44)39(46,38(45)35(42)31-32-36(38)43)34(41)30-28-26-24-22-19-14-12-10-8-6-4-2/h10,12,37,44-46H,3-9,11,13-32H2,1-2H3/b12-10+. The van der Waals surface area contributed by atoms with E-state index in [1.54, 1.807) is 0 Å². The molecule has 1 rings (SSSR count). The number of aliphatic hydroxyl groups is 3. The minimum atomic E-state index is -3.16. The van der Waals surface area contributed by atoms with Crippen molar-refractivity contribution in [2.24, 2.45) is 0 Å². The molecule has 1 fully saturated rings. The summed E-state index contributed by atoms with van der Waals surface area (Å²) >= 11 is 0. The minimum absolute atomic E-state index is 0.0969. The zero-order valence-electron chi connectivity index (χ0n) is 29.5. The number of allylic oxidation sites excluding steroid dienone is 2. The quantitative estimate of drug-likeness (QED) is 0.0390. The van der Waals surface area contributed by atoms with Gasteiger partial charge in [0.25, 0.3) is 0 Å². The number of hydrogen-bond donors (Lipinski definition) is 3. The van der Waals surface area contributed by atoms with E-state index in [0.29, 0.717) is 19.3 Å². The molecule has 0 bridgehead atoms. The van der Waals surface area contributed by atoms with Crippen LogP contribution < -0.4 is 0 Å². The molecule has 3 N–H and O–H groups in total. The fourth-order valence-electron chi connectivity index (χ4n) is 6.59. The first-order valence-electron chi connectivity index (χ1n) is 19.1. The molecule has 7 heteroatoms. The summed E-state index contributed by atoms with van der Waals surface area (Å²) in [5, 5.41) is 33.6. The van der Waals surface area contributed by atoms with Gasteiger partial charge in [-0.05, 0) is 32.1 Å². The average molecular weight is 649 g/mol. The lowest BCUT2D eigenvalue weighted by atomic mass is 9.70. The summed E-state index contributed by atoms with van der Waals surface area (Å²) < 4.78 is 0. The van der Waals surface area contributed by atoms with Crippen LogP contribution in [0.25, 0.3) is 0 Å². The number of rotatable bonds is 31. The van der Waals surface area contributed by atoms with E-state index < -0.39 is 40.4 Å². The Morgan fingerprint density at radius 1 is 0.630 bits per heavy atom. The summed E-state index contributed by atoms with van der Waals surface area (Å²) in [4.78, 5) is 51.6. The van der Waals surface area contributed by atoms with E-state index in [0.717, 1.165) is 57.8 Å². The molecule has 0 saturated heterocycles. The second-order valence-corrected chi connectivity index (χ2v) is 13.7. The number of aliphatic hydroxyl groups excluding tert-OH is 1. The molecular weight excluding hydrogens is 580 g/mol. The summed E-state index contributed by atoms with van der Waals surface area (Å²) in [5.74, 6) is -3.87.